The summed E-state index contributed by atoms with van der Waals surface area (Å²) in [6.45, 7) is 3.81. The van der Waals surface area contributed by atoms with Crippen molar-refractivity contribution in [2.24, 2.45) is 10.7 Å². The summed E-state index contributed by atoms with van der Waals surface area (Å²) >= 11 is 1.73. The molecule has 0 saturated carbocycles. The van der Waals surface area contributed by atoms with Gasteiger partial charge in [0.1, 0.15) is 5.82 Å². The van der Waals surface area contributed by atoms with E-state index in [1.165, 1.54) is 10.9 Å². The van der Waals surface area contributed by atoms with Gasteiger partial charge in [-0.05, 0) is 35.6 Å². The lowest BCUT2D eigenvalue weighted by atomic mass is 10.1. The van der Waals surface area contributed by atoms with Gasteiger partial charge in [-0.3, -0.25) is 0 Å². The molecular formula is C18H23FN4OS. The molecule has 0 bridgehead atoms. The number of nitrogens with zero attached hydrogens (tertiary/aromatic N) is 2. The van der Waals surface area contributed by atoms with Crippen LogP contribution in [0.3, 0.4) is 0 Å². The smallest absolute Gasteiger partial charge is 0.188 e. The van der Waals surface area contributed by atoms with E-state index < -0.39 is 0 Å². The van der Waals surface area contributed by atoms with Gasteiger partial charge in [0.25, 0.3) is 0 Å². The summed E-state index contributed by atoms with van der Waals surface area (Å²) in [7, 11) is 0. The SMILES string of the molecule is NC(=NCc1ccc(N2CCOCC2)c(F)c1)NCCc1cccs1. The van der Waals surface area contributed by atoms with Crippen molar-refractivity contribution in [2.45, 2.75) is 13.0 Å². The third kappa shape index (κ3) is 5.17. The number of halogens is 1. The van der Waals surface area contributed by atoms with E-state index in [0.29, 0.717) is 31.4 Å². The Labute approximate surface area is 151 Å². The number of guanidine groups is 1. The summed E-state index contributed by atoms with van der Waals surface area (Å²) in [5.74, 6) is 0.160. The predicted molar refractivity (Wildman–Crippen MR) is 101 cm³/mol. The second-order valence-electron chi connectivity index (χ2n) is 5.84. The molecule has 1 aromatic heterocycles. The number of aliphatic imine (C=N–C) groups is 1. The van der Waals surface area contributed by atoms with Gasteiger partial charge in [0.2, 0.25) is 0 Å². The van der Waals surface area contributed by atoms with Crippen molar-refractivity contribution >= 4 is 23.0 Å². The minimum atomic E-state index is -0.223. The molecule has 2 aromatic rings. The summed E-state index contributed by atoms with van der Waals surface area (Å²) in [4.78, 5) is 7.60. The Morgan fingerprint density at radius 1 is 1.32 bits per heavy atom. The zero-order chi connectivity index (χ0) is 17.5. The van der Waals surface area contributed by atoms with Gasteiger partial charge in [0, 0.05) is 24.5 Å². The van der Waals surface area contributed by atoms with Crippen LogP contribution in [0.4, 0.5) is 10.1 Å². The molecule has 3 rings (SSSR count). The van der Waals surface area contributed by atoms with Crippen LogP contribution in [0.25, 0.3) is 0 Å². The number of hydrogen-bond acceptors (Lipinski definition) is 4. The number of anilines is 1. The fourth-order valence-electron chi connectivity index (χ4n) is 2.71. The molecule has 1 fully saturated rings. The molecule has 0 aliphatic carbocycles. The minimum absolute atomic E-state index is 0.223. The highest BCUT2D eigenvalue weighted by molar-refractivity contribution is 7.09. The van der Waals surface area contributed by atoms with E-state index >= 15 is 0 Å². The fraction of sp³-hybridized carbons (Fsp3) is 0.389. The zero-order valence-corrected chi connectivity index (χ0v) is 14.9. The van der Waals surface area contributed by atoms with Gasteiger partial charge in [-0.2, -0.15) is 0 Å². The van der Waals surface area contributed by atoms with Gasteiger partial charge in [-0.1, -0.05) is 12.1 Å². The van der Waals surface area contributed by atoms with E-state index in [1.54, 1.807) is 11.3 Å². The average molecular weight is 362 g/mol. The van der Waals surface area contributed by atoms with Crippen LogP contribution in [-0.2, 0) is 17.7 Å². The number of nitrogens with two attached hydrogens (primary N) is 1. The summed E-state index contributed by atoms with van der Waals surface area (Å²) < 4.78 is 19.6. The maximum Gasteiger partial charge on any atom is 0.188 e. The van der Waals surface area contributed by atoms with Crippen LogP contribution in [0, 0.1) is 5.82 Å². The first kappa shape index (κ1) is 17.7. The van der Waals surface area contributed by atoms with E-state index in [4.69, 9.17) is 10.5 Å². The monoisotopic (exact) mass is 362 g/mol. The lowest BCUT2D eigenvalue weighted by Gasteiger charge is -2.29. The first-order valence-corrected chi connectivity index (χ1v) is 9.27. The van der Waals surface area contributed by atoms with Gasteiger partial charge in [0.05, 0.1) is 25.4 Å². The quantitative estimate of drug-likeness (QED) is 0.612. The number of rotatable bonds is 6. The Morgan fingerprint density at radius 2 is 2.16 bits per heavy atom. The zero-order valence-electron chi connectivity index (χ0n) is 14.1. The van der Waals surface area contributed by atoms with Crippen LogP contribution in [-0.4, -0.2) is 38.8 Å². The minimum Gasteiger partial charge on any atom is -0.378 e. The number of hydrogen-bond donors (Lipinski definition) is 2. The Balaban J connectivity index is 1.50. The number of nitrogens with one attached hydrogen (secondary N) is 1. The topological polar surface area (TPSA) is 62.9 Å². The van der Waals surface area contributed by atoms with Gasteiger partial charge in [-0.25, -0.2) is 9.38 Å². The standard InChI is InChI=1S/C18H23FN4OS/c19-16-12-14(3-4-17(16)23-7-9-24-10-8-23)13-22-18(20)21-6-5-15-2-1-11-25-15/h1-4,11-12H,5-10,13H2,(H3,20,21,22). The van der Waals surface area contributed by atoms with E-state index in [9.17, 15) is 4.39 Å². The van der Waals surface area contributed by atoms with Crippen molar-refractivity contribution in [3.63, 3.8) is 0 Å². The van der Waals surface area contributed by atoms with Crippen LogP contribution in [0.15, 0.2) is 40.7 Å². The highest BCUT2D eigenvalue weighted by atomic mass is 32.1. The summed E-state index contributed by atoms with van der Waals surface area (Å²) in [6, 6.07) is 9.38. The molecule has 0 radical (unpaired) electrons. The summed E-state index contributed by atoms with van der Waals surface area (Å²) in [5, 5.41) is 5.14. The molecule has 1 aliphatic heterocycles. The fourth-order valence-corrected chi connectivity index (χ4v) is 3.42. The second kappa shape index (κ2) is 8.82. The number of benzene rings is 1. The Hall–Kier alpha value is -2.12. The lowest BCUT2D eigenvalue weighted by Crippen LogP contribution is -2.36. The first-order valence-electron chi connectivity index (χ1n) is 8.39. The van der Waals surface area contributed by atoms with Gasteiger partial charge in [-0.15, -0.1) is 11.3 Å². The molecule has 0 spiro atoms. The van der Waals surface area contributed by atoms with Crippen LogP contribution >= 0.6 is 11.3 Å². The van der Waals surface area contributed by atoms with Gasteiger partial charge >= 0.3 is 0 Å². The van der Waals surface area contributed by atoms with Gasteiger partial charge in [0.15, 0.2) is 5.96 Å². The molecule has 25 heavy (non-hydrogen) atoms. The highest BCUT2D eigenvalue weighted by Gasteiger charge is 2.15. The van der Waals surface area contributed by atoms with E-state index in [1.807, 2.05) is 23.1 Å². The van der Waals surface area contributed by atoms with Crippen molar-refractivity contribution < 1.29 is 9.13 Å². The molecule has 3 N–H and O–H groups in total. The van der Waals surface area contributed by atoms with Crippen LogP contribution in [0.5, 0.6) is 0 Å². The molecule has 2 heterocycles. The number of morpholine rings is 1. The summed E-state index contributed by atoms with van der Waals surface area (Å²) in [5.41, 5.74) is 7.30. The van der Waals surface area contributed by atoms with Gasteiger partial charge < -0.3 is 20.7 Å². The Bertz CT molecular complexity index is 699. The normalized spacial score (nSPS) is 15.4. The third-order valence-corrected chi connectivity index (χ3v) is 4.99. The predicted octanol–water partition coefficient (Wildman–Crippen LogP) is 2.37. The molecule has 134 valence electrons. The maximum absolute atomic E-state index is 14.3. The first-order chi connectivity index (χ1) is 12.2. The maximum atomic E-state index is 14.3. The van der Waals surface area contributed by atoms with Crippen LogP contribution in [0.2, 0.25) is 0 Å². The van der Waals surface area contributed by atoms with E-state index in [0.717, 1.165) is 31.6 Å². The van der Waals surface area contributed by atoms with Crippen molar-refractivity contribution in [1.29, 1.82) is 0 Å². The highest BCUT2D eigenvalue weighted by Crippen LogP contribution is 2.21. The molecule has 7 heteroatoms. The number of thiophene rings is 1. The Kier molecular flexibility index (Phi) is 6.25. The molecule has 0 atom stereocenters. The summed E-state index contributed by atoms with van der Waals surface area (Å²) in [6.07, 6.45) is 0.913. The van der Waals surface area contributed by atoms with Crippen LogP contribution in [0.1, 0.15) is 10.4 Å². The largest absolute Gasteiger partial charge is 0.378 e. The van der Waals surface area contributed by atoms with Crippen molar-refractivity contribution in [3.8, 4) is 0 Å². The molecular weight excluding hydrogens is 339 g/mol. The van der Waals surface area contributed by atoms with Crippen molar-refractivity contribution in [1.82, 2.24) is 5.32 Å². The molecule has 0 unspecified atom stereocenters. The van der Waals surface area contributed by atoms with Crippen LogP contribution < -0.4 is 16.0 Å². The number of ether oxygens (including phenoxy) is 1. The van der Waals surface area contributed by atoms with E-state index in [2.05, 4.69) is 21.8 Å². The molecule has 5 nitrogen and oxygen atoms in total. The Morgan fingerprint density at radius 3 is 2.88 bits per heavy atom. The molecule has 0 amide bonds. The second-order valence-corrected chi connectivity index (χ2v) is 6.88. The molecule has 1 aliphatic rings. The molecule has 1 aromatic carbocycles. The lowest BCUT2D eigenvalue weighted by molar-refractivity contribution is 0.122. The van der Waals surface area contributed by atoms with Crippen molar-refractivity contribution in [3.05, 3.63) is 52.0 Å². The third-order valence-electron chi connectivity index (χ3n) is 4.05. The molecule has 1 saturated heterocycles. The average Bonchev–Trinajstić information content (AvgIpc) is 3.14. The van der Waals surface area contributed by atoms with Crippen molar-refractivity contribution in [2.75, 3.05) is 37.7 Å². The van der Waals surface area contributed by atoms with E-state index in [-0.39, 0.29) is 5.82 Å².